The van der Waals surface area contributed by atoms with Gasteiger partial charge in [-0.15, -0.1) is 0 Å². The van der Waals surface area contributed by atoms with Crippen LogP contribution in [-0.4, -0.2) is 0 Å². The summed E-state index contributed by atoms with van der Waals surface area (Å²) >= 11 is 0. The Bertz CT molecular complexity index is 2860. The predicted octanol–water partition coefficient (Wildman–Crippen LogP) is 14.9. The van der Waals surface area contributed by atoms with Crippen molar-refractivity contribution in [2.75, 3.05) is 9.80 Å². The molecule has 0 amide bonds. The van der Waals surface area contributed by atoms with Crippen molar-refractivity contribution in [2.24, 2.45) is 0 Å². The van der Waals surface area contributed by atoms with Gasteiger partial charge < -0.3 is 9.80 Å². The van der Waals surface area contributed by atoms with Crippen LogP contribution in [0.4, 0.5) is 34.1 Å². The number of benzene rings is 10. The van der Waals surface area contributed by atoms with E-state index in [0.29, 0.717) is 0 Å². The lowest BCUT2D eigenvalue weighted by Crippen LogP contribution is -2.11. The van der Waals surface area contributed by atoms with E-state index in [1.54, 1.807) is 0 Å². The molecule has 0 aliphatic carbocycles. The molecule has 0 atom stereocenters. The molecule has 10 aromatic carbocycles. The molecule has 54 heavy (non-hydrogen) atoms. The third kappa shape index (κ3) is 5.44. The van der Waals surface area contributed by atoms with Crippen LogP contribution in [0.5, 0.6) is 0 Å². The molecule has 10 rings (SSSR count). The van der Waals surface area contributed by atoms with E-state index in [2.05, 4.69) is 228 Å². The van der Waals surface area contributed by atoms with Crippen LogP contribution in [0.25, 0.3) is 54.2 Å². The fourth-order valence-corrected chi connectivity index (χ4v) is 8.17. The second-order valence-corrected chi connectivity index (χ2v) is 13.7. The summed E-state index contributed by atoms with van der Waals surface area (Å²) in [5, 5.41) is 10.0. The van der Waals surface area contributed by atoms with Gasteiger partial charge in [0, 0.05) is 34.0 Å². The molecule has 0 heterocycles. The van der Waals surface area contributed by atoms with Gasteiger partial charge in [-0.25, -0.2) is 0 Å². The summed E-state index contributed by atoms with van der Waals surface area (Å²) in [6.07, 6.45) is 0. The molecule has 254 valence electrons. The van der Waals surface area contributed by atoms with Gasteiger partial charge in [-0.2, -0.15) is 0 Å². The van der Waals surface area contributed by atoms with E-state index < -0.39 is 0 Å². The largest absolute Gasteiger partial charge is 0.310 e. The molecule has 0 aliphatic heterocycles. The van der Waals surface area contributed by atoms with Crippen molar-refractivity contribution in [1.82, 2.24) is 0 Å². The first-order valence-corrected chi connectivity index (χ1v) is 18.5. The number of anilines is 6. The van der Waals surface area contributed by atoms with Crippen LogP contribution in [0.3, 0.4) is 0 Å². The fourth-order valence-electron chi connectivity index (χ4n) is 8.17. The summed E-state index contributed by atoms with van der Waals surface area (Å²) < 4.78 is 0. The van der Waals surface area contributed by atoms with Gasteiger partial charge >= 0.3 is 0 Å². The highest BCUT2D eigenvalue weighted by molar-refractivity contribution is 6.31. The van der Waals surface area contributed by atoms with Gasteiger partial charge in [0.2, 0.25) is 0 Å². The van der Waals surface area contributed by atoms with Crippen LogP contribution in [0, 0.1) is 0 Å². The van der Waals surface area contributed by atoms with E-state index in [0.717, 1.165) is 34.1 Å². The Morgan fingerprint density at radius 2 is 0.722 bits per heavy atom. The molecule has 0 fully saturated rings. The van der Waals surface area contributed by atoms with E-state index in [4.69, 9.17) is 0 Å². The van der Waals surface area contributed by atoms with Gasteiger partial charge in [-0.3, -0.25) is 0 Å². The normalized spacial score (nSPS) is 11.3. The Hall–Kier alpha value is -7.16. The average molecular weight is 689 g/mol. The fraction of sp³-hybridized carbons (Fsp3) is 0. The molecule has 0 saturated carbocycles. The molecule has 0 spiro atoms. The smallest absolute Gasteiger partial charge is 0.0540 e. The van der Waals surface area contributed by atoms with Crippen molar-refractivity contribution in [3.8, 4) is 11.1 Å². The van der Waals surface area contributed by atoms with Crippen molar-refractivity contribution in [3.63, 3.8) is 0 Å². The highest BCUT2D eigenvalue weighted by Gasteiger charge is 2.19. The maximum atomic E-state index is 2.39. The maximum absolute atomic E-state index is 2.39. The lowest BCUT2D eigenvalue weighted by atomic mass is 9.90. The van der Waals surface area contributed by atoms with Crippen LogP contribution in [-0.2, 0) is 0 Å². The van der Waals surface area contributed by atoms with E-state index in [1.807, 2.05) is 0 Å². The van der Waals surface area contributed by atoms with Gasteiger partial charge in [0.05, 0.1) is 5.69 Å². The average Bonchev–Trinajstić information content (AvgIpc) is 3.25. The maximum Gasteiger partial charge on any atom is 0.0540 e. The van der Waals surface area contributed by atoms with Crippen molar-refractivity contribution in [2.45, 2.75) is 0 Å². The number of hydrogen-bond acceptors (Lipinski definition) is 2. The number of hydrogen-bond donors (Lipinski definition) is 0. The van der Waals surface area contributed by atoms with Gasteiger partial charge in [0.25, 0.3) is 0 Å². The predicted molar refractivity (Wildman–Crippen MR) is 231 cm³/mol. The van der Waals surface area contributed by atoms with Gasteiger partial charge in [-0.1, -0.05) is 152 Å². The lowest BCUT2D eigenvalue weighted by molar-refractivity contribution is 1.29. The Morgan fingerprint density at radius 1 is 0.259 bits per heavy atom. The quantitative estimate of drug-likeness (QED) is 0.154. The molecular weight excluding hydrogens is 653 g/mol. The molecule has 10 aromatic rings. The second-order valence-electron chi connectivity index (χ2n) is 13.7. The number of rotatable bonds is 7. The van der Waals surface area contributed by atoms with Crippen LogP contribution in [0.15, 0.2) is 218 Å². The van der Waals surface area contributed by atoms with E-state index >= 15 is 0 Å². The first kappa shape index (κ1) is 31.6. The van der Waals surface area contributed by atoms with Crippen LogP contribution < -0.4 is 9.80 Å². The highest BCUT2D eigenvalue weighted by atomic mass is 15.1. The summed E-state index contributed by atoms with van der Waals surface area (Å²) in [7, 11) is 0. The van der Waals surface area contributed by atoms with Crippen LogP contribution in [0.2, 0.25) is 0 Å². The molecule has 2 heteroatoms. The zero-order chi connectivity index (χ0) is 35.8. The summed E-state index contributed by atoms with van der Waals surface area (Å²) in [6.45, 7) is 0. The van der Waals surface area contributed by atoms with Crippen molar-refractivity contribution in [3.05, 3.63) is 218 Å². The molecule has 0 radical (unpaired) electrons. The summed E-state index contributed by atoms with van der Waals surface area (Å²) in [5.41, 5.74) is 9.15. The standard InChI is InChI=1S/C52H36N2/c1-5-17-37(18-6-1)44-25-15-16-28-51(44)54(41-23-11-4-12-24-41)42-30-33-45-38(35-42)29-32-49-47-34-31-43(36-50(47)46-26-13-14-27-48(46)52(45)49)53(39-19-7-2-8-20-39)40-21-9-3-10-22-40/h1-36H. The Balaban J connectivity index is 1.17. The van der Waals surface area contributed by atoms with Crippen molar-refractivity contribution >= 4 is 77.2 Å². The number of para-hydroxylation sites is 4. The Labute approximate surface area is 315 Å². The van der Waals surface area contributed by atoms with Crippen LogP contribution >= 0.6 is 0 Å². The van der Waals surface area contributed by atoms with Gasteiger partial charge in [0.1, 0.15) is 0 Å². The molecule has 2 nitrogen and oxygen atoms in total. The minimum atomic E-state index is 1.12. The van der Waals surface area contributed by atoms with E-state index in [9.17, 15) is 0 Å². The first-order chi connectivity index (χ1) is 26.8. The molecule has 0 bridgehead atoms. The third-order valence-corrected chi connectivity index (χ3v) is 10.6. The monoisotopic (exact) mass is 688 g/mol. The highest BCUT2D eigenvalue weighted by Crippen LogP contribution is 2.45. The molecule has 0 unspecified atom stereocenters. The molecule has 0 N–H and O–H groups in total. The van der Waals surface area contributed by atoms with E-state index in [1.165, 1.54) is 54.2 Å². The summed E-state index contributed by atoms with van der Waals surface area (Å²) in [4.78, 5) is 4.73. The number of nitrogens with zero attached hydrogens (tertiary/aromatic N) is 2. The van der Waals surface area contributed by atoms with Crippen molar-refractivity contribution in [1.29, 1.82) is 0 Å². The summed E-state index contributed by atoms with van der Waals surface area (Å²) in [5.74, 6) is 0. The minimum absolute atomic E-state index is 1.12. The topological polar surface area (TPSA) is 6.48 Å². The molecule has 0 aromatic heterocycles. The SMILES string of the molecule is c1ccc(-c2ccccc2N(c2ccccc2)c2ccc3c(ccc4c5ccc(N(c6ccccc6)c6ccccc6)cc5c5ccccc5c34)c2)cc1. The van der Waals surface area contributed by atoms with Gasteiger partial charge in [0.15, 0.2) is 0 Å². The summed E-state index contributed by atoms with van der Waals surface area (Å²) in [6, 6.07) is 78.8. The Kier molecular flexibility index (Phi) is 7.85. The van der Waals surface area contributed by atoms with Crippen molar-refractivity contribution < 1.29 is 0 Å². The number of fused-ring (bicyclic) bond motifs is 8. The zero-order valence-corrected chi connectivity index (χ0v) is 29.7. The molecular formula is C52H36N2. The third-order valence-electron chi connectivity index (χ3n) is 10.6. The molecule has 0 saturated heterocycles. The zero-order valence-electron chi connectivity index (χ0n) is 29.7. The Morgan fingerprint density at radius 3 is 1.39 bits per heavy atom. The van der Waals surface area contributed by atoms with Gasteiger partial charge in [-0.05, 0) is 115 Å². The molecule has 0 aliphatic rings. The minimum Gasteiger partial charge on any atom is -0.310 e. The first-order valence-electron chi connectivity index (χ1n) is 18.5. The lowest BCUT2D eigenvalue weighted by Gasteiger charge is -2.28. The van der Waals surface area contributed by atoms with E-state index in [-0.39, 0.29) is 0 Å². The second kappa shape index (κ2) is 13.4. The van der Waals surface area contributed by atoms with Crippen LogP contribution in [0.1, 0.15) is 0 Å².